The number of fused-ring (bicyclic) bond motifs is 1. The molecular formula is C19H22N2O5. The summed E-state index contributed by atoms with van der Waals surface area (Å²) in [5, 5.41) is 9.91. The van der Waals surface area contributed by atoms with Crippen molar-refractivity contribution in [1.82, 2.24) is 9.88 Å². The first-order chi connectivity index (χ1) is 12.5. The van der Waals surface area contributed by atoms with Gasteiger partial charge in [0, 0.05) is 24.9 Å². The van der Waals surface area contributed by atoms with Crippen molar-refractivity contribution < 1.29 is 23.8 Å². The van der Waals surface area contributed by atoms with E-state index >= 15 is 0 Å². The standard InChI is InChI=1S/C19H22N2O5/c1-11-8-20-17(26-11)6-4-14-18(19(22)23)13(9-21(14)2)12-3-5-15-16(7-12)25-10-24-15/h3,5,7-8,13-14,18H,4,6,9-10H2,1-2H3,(H,22,23). The molecule has 0 amide bonds. The summed E-state index contributed by atoms with van der Waals surface area (Å²) in [4.78, 5) is 18.4. The predicted octanol–water partition coefficient (Wildman–Crippen LogP) is 2.44. The lowest BCUT2D eigenvalue weighted by atomic mass is 9.83. The number of carboxylic acid groups (broad SMARTS) is 1. The summed E-state index contributed by atoms with van der Waals surface area (Å²) in [6, 6.07) is 5.65. The monoisotopic (exact) mass is 358 g/mol. The fourth-order valence-corrected chi connectivity index (χ4v) is 4.08. The van der Waals surface area contributed by atoms with Gasteiger partial charge in [-0.3, -0.25) is 4.79 Å². The van der Waals surface area contributed by atoms with Crippen LogP contribution in [0.25, 0.3) is 0 Å². The average Bonchev–Trinajstić information content (AvgIpc) is 3.30. The number of benzene rings is 1. The summed E-state index contributed by atoms with van der Waals surface area (Å²) >= 11 is 0. The number of aliphatic carboxylic acids is 1. The highest BCUT2D eigenvalue weighted by atomic mass is 16.7. The van der Waals surface area contributed by atoms with Crippen molar-refractivity contribution in [1.29, 1.82) is 0 Å². The van der Waals surface area contributed by atoms with Crippen LogP contribution < -0.4 is 9.47 Å². The Labute approximate surface area is 151 Å². The molecule has 0 aliphatic carbocycles. The predicted molar refractivity (Wildman–Crippen MR) is 92.4 cm³/mol. The van der Waals surface area contributed by atoms with Gasteiger partial charge in [0.25, 0.3) is 0 Å². The summed E-state index contributed by atoms with van der Waals surface area (Å²) in [7, 11) is 1.98. The van der Waals surface area contributed by atoms with E-state index in [2.05, 4.69) is 9.88 Å². The zero-order valence-corrected chi connectivity index (χ0v) is 14.8. The Morgan fingerprint density at radius 2 is 2.15 bits per heavy atom. The van der Waals surface area contributed by atoms with E-state index in [4.69, 9.17) is 13.9 Å². The lowest BCUT2D eigenvalue weighted by Gasteiger charge is -2.23. The van der Waals surface area contributed by atoms with E-state index in [0.717, 1.165) is 11.3 Å². The number of likely N-dealkylation sites (N-methyl/N-ethyl adjacent to an activating group) is 1. The van der Waals surface area contributed by atoms with Gasteiger partial charge in [0.15, 0.2) is 17.4 Å². The minimum atomic E-state index is -0.773. The van der Waals surface area contributed by atoms with Crippen LogP contribution in [0, 0.1) is 12.8 Å². The van der Waals surface area contributed by atoms with Crippen molar-refractivity contribution in [3.05, 3.63) is 41.6 Å². The van der Waals surface area contributed by atoms with Crippen LogP contribution in [0.3, 0.4) is 0 Å². The molecule has 1 aromatic heterocycles. The lowest BCUT2D eigenvalue weighted by Crippen LogP contribution is -2.34. The van der Waals surface area contributed by atoms with Gasteiger partial charge < -0.3 is 23.9 Å². The molecule has 3 atom stereocenters. The zero-order chi connectivity index (χ0) is 18.3. The lowest BCUT2D eigenvalue weighted by molar-refractivity contribution is -0.143. The number of hydrogen-bond acceptors (Lipinski definition) is 6. The van der Waals surface area contributed by atoms with Gasteiger partial charge in [0.2, 0.25) is 6.79 Å². The quantitative estimate of drug-likeness (QED) is 0.879. The minimum absolute atomic E-state index is 0.0740. The number of nitrogens with zero attached hydrogens (tertiary/aromatic N) is 2. The first kappa shape index (κ1) is 16.9. The highest BCUT2D eigenvalue weighted by Crippen LogP contribution is 2.42. The molecular weight excluding hydrogens is 336 g/mol. The van der Waals surface area contributed by atoms with E-state index in [0.29, 0.717) is 36.8 Å². The Kier molecular flexibility index (Phi) is 4.32. The molecule has 0 spiro atoms. The van der Waals surface area contributed by atoms with Crippen LogP contribution >= 0.6 is 0 Å². The first-order valence-corrected chi connectivity index (χ1v) is 8.77. The van der Waals surface area contributed by atoms with Crippen molar-refractivity contribution in [3.8, 4) is 11.5 Å². The molecule has 2 aliphatic rings. The molecule has 1 N–H and O–H groups in total. The molecule has 1 saturated heterocycles. The molecule has 4 rings (SSSR count). The summed E-state index contributed by atoms with van der Waals surface area (Å²) in [5.74, 6) is 1.47. The van der Waals surface area contributed by atoms with Gasteiger partial charge in [-0.25, -0.2) is 4.98 Å². The molecule has 3 heterocycles. The largest absolute Gasteiger partial charge is 0.481 e. The molecule has 0 bridgehead atoms. The minimum Gasteiger partial charge on any atom is -0.481 e. The van der Waals surface area contributed by atoms with Crippen molar-refractivity contribution >= 4 is 5.97 Å². The molecule has 0 saturated carbocycles. The number of rotatable bonds is 5. The smallest absolute Gasteiger partial charge is 0.308 e. The molecule has 2 aromatic rings. The van der Waals surface area contributed by atoms with Crippen molar-refractivity contribution in [3.63, 3.8) is 0 Å². The summed E-state index contributed by atoms with van der Waals surface area (Å²) in [6.45, 7) is 2.75. The third kappa shape index (κ3) is 3.03. The number of likely N-dealkylation sites (tertiary alicyclic amines) is 1. The van der Waals surface area contributed by atoms with Crippen molar-refractivity contribution in [2.24, 2.45) is 5.92 Å². The molecule has 3 unspecified atom stereocenters. The summed E-state index contributed by atoms with van der Waals surface area (Å²) in [6.07, 6.45) is 3.01. The van der Waals surface area contributed by atoms with Crippen LogP contribution in [0.1, 0.15) is 29.6 Å². The van der Waals surface area contributed by atoms with Gasteiger partial charge in [0.1, 0.15) is 5.76 Å². The van der Waals surface area contributed by atoms with Crippen LogP contribution in [-0.2, 0) is 11.2 Å². The third-order valence-electron chi connectivity index (χ3n) is 5.33. The Balaban J connectivity index is 1.55. The normalized spacial score (nSPS) is 24.9. The van der Waals surface area contributed by atoms with E-state index in [1.807, 2.05) is 32.2 Å². The van der Waals surface area contributed by atoms with Crippen LogP contribution in [-0.4, -0.2) is 47.4 Å². The zero-order valence-electron chi connectivity index (χ0n) is 14.8. The maximum absolute atomic E-state index is 12.1. The maximum Gasteiger partial charge on any atom is 0.308 e. The SMILES string of the molecule is Cc1cnc(CCC2C(C(=O)O)C(c3ccc4c(c3)OCO4)CN2C)o1. The van der Waals surface area contributed by atoms with E-state index < -0.39 is 11.9 Å². The van der Waals surface area contributed by atoms with Crippen LogP contribution in [0.2, 0.25) is 0 Å². The maximum atomic E-state index is 12.1. The number of carboxylic acids is 1. The third-order valence-corrected chi connectivity index (χ3v) is 5.33. The van der Waals surface area contributed by atoms with Crippen LogP contribution in [0.15, 0.2) is 28.8 Å². The molecule has 7 heteroatoms. The number of oxazole rings is 1. The van der Waals surface area contributed by atoms with Gasteiger partial charge in [-0.1, -0.05) is 6.07 Å². The Morgan fingerprint density at radius 1 is 1.35 bits per heavy atom. The number of hydrogen-bond donors (Lipinski definition) is 1. The number of ether oxygens (including phenoxy) is 2. The van der Waals surface area contributed by atoms with Gasteiger partial charge in [-0.2, -0.15) is 0 Å². The summed E-state index contributed by atoms with van der Waals surface area (Å²) in [5.41, 5.74) is 0.975. The van der Waals surface area contributed by atoms with Crippen molar-refractivity contribution in [2.45, 2.75) is 31.7 Å². The van der Waals surface area contributed by atoms with E-state index in [9.17, 15) is 9.90 Å². The average molecular weight is 358 g/mol. The highest BCUT2D eigenvalue weighted by Gasteiger charge is 2.45. The number of aromatic nitrogens is 1. The number of carbonyl (C=O) groups is 1. The topological polar surface area (TPSA) is 85.0 Å². The second-order valence-corrected chi connectivity index (χ2v) is 6.99. The Hall–Kier alpha value is -2.54. The Bertz CT molecular complexity index is 818. The van der Waals surface area contributed by atoms with Crippen LogP contribution in [0.4, 0.5) is 0 Å². The van der Waals surface area contributed by atoms with Crippen molar-refractivity contribution in [2.75, 3.05) is 20.4 Å². The molecule has 138 valence electrons. The fraction of sp³-hybridized carbons (Fsp3) is 0.474. The van der Waals surface area contributed by atoms with Gasteiger partial charge in [-0.15, -0.1) is 0 Å². The van der Waals surface area contributed by atoms with Crippen LogP contribution in [0.5, 0.6) is 11.5 Å². The molecule has 1 fully saturated rings. The second-order valence-electron chi connectivity index (χ2n) is 6.99. The Morgan fingerprint density at radius 3 is 2.88 bits per heavy atom. The summed E-state index contributed by atoms with van der Waals surface area (Å²) < 4.78 is 16.3. The fourth-order valence-electron chi connectivity index (χ4n) is 4.08. The molecule has 26 heavy (non-hydrogen) atoms. The van der Waals surface area contributed by atoms with E-state index in [-0.39, 0.29) is 18.8 Å². The first-order valence-electron chi connectivity index (χ1n) is 8.77. The second kappa shape index (κ2) is 6.64. The van der Waals surface area contributed by atoms with Gasteiger partial charge in [0.05, 0.1) is 12.1 Å². The number of aryl methyl sites for hydroxylation is 2. The molecule has 7 nitrogen and oxygen atoms in total. The van der Waals surface area contributed by atoms with E-state index in [1.165, 1.54) is 0 Å². The highest BCUT2D eigenvalue weighted by molar-refractivity contribution is 5.73. The van der Waals surface area contributed by atoms with E-state index in [1.54, 1.807) is 6.20 Å². The van der Waals surface area contributed by atoms with Gasteiger partial charge >= 0.3 is 5.97 Å². The van der Waals surface area contributed by atoms with Gasteiger partial charge in [-0.05, 0) is 38.1 Å². The molecule has 1 aromatic carbocycles. The molecule has 0 radical (unpaired) electrons. The molecule has 2 aliphatic heterocycles.